The number of rotatable bonds is 5. The minimum absolute atomic E-state index is 0.0855. The van der Waals surface area contributed by atoms with Crippen molar-refractivity contribution < 1.29 is 9.53 Å². The van der Waals surface area contributed by atoms with Crippen molar-refractivity contribution in [2.45, 2.75) is 66.9 Å². The number of carbonyl (C=O) groups is 1. The highest BCUT2D eigenvalue weighted by Gasteiger charge is 2.20. The van der Waals surface area contributed by atoms with E-state index < -0.39 is 0 Å². The van der Waals surface area contributed by atoms with Crippen molar-refractivity contribution in [2.24, 2.45) is 0 Å². The second-order valence-electron chi connectivity index (χ2n) is 8.33. The summed E-state index contributed by atoms with van der Waals surface area (Å²) in [4.78, 5) is 13.0. The summed E-state index contributed by atoms with van der Waals surface area (Å²) in [6, 6.07) is 10.3. The van der Waals surface area contributed by atoms with Crippen LogP contribution in [-0.2, 0) is 5.41 Å². The summed E-state index contributed by atoms with van der Waals surface area (Å²) in [5.74, 6) is 0.861. The number of benzene rings is 2. The van der Waals surface area contributed by atoms with E-state index in [1.54, 1.807) is 0 Å². The highest BCUT2D eigenvalue weighted by molar-refractivity contribution is 7.66. The van der Waals surface area contributed by atoms with E-state index in [4.69, 9.17) is 4.74 Å². The van der Waals surface area contributed by atoms with E-state index in [-0.39, 0.29) is 25.6 Å². The lowest BCUT2D eigenvalue weighted by molar-refractivity contribution is 0.108. The second-order valence-corrected chi connectivity index (χ2v) is 9.58. The van der Waals surface area contributed by atoms with E-state index in [1.807, 2.05) is 52.8 Å². The van der Waals surface area contributed by atoms with E-state index in [0.717, 1.165) is 33.3 Å². The van der Waals surface area contributed by atoms with Crippen LogP contribution in [0.25, 0.3) is 0 Å². The average molecular weight is 370 g/mol. The van der Waals surface area contributed by atoms with Crippen LogP contribution in [0.4, 0.5) is 0 Å². The third kappa shape index (κ3) is 4.95. The number of ether oxygens (including phenoxy) is 1. The summed E-state index contributed by atoms with van der Waals surface area (Å²) < 4.78 is 5.74. The fraction of sp³-hybridized carbons (Fsp3) is 0.435. The van der Waals surface area contributed by atoms with Gasteiger partial charge in [0.05, 0.1) is 6.10 Å². The van der Waals surface area contributed by atoms with Gasteiger partial charge in [0.2, 0.25) is 0 Å². The minimum Gasteiger partial charge on any atom is -0.491 e. The first kappa shape index (κ1) is 20.6. The molecule has 0 aliphatic carbocycles. The average Bonchev–Trinajstić information content (AvgIpc) is 2.47. The number of hydrogen-bond acceptors (Lipinski definition) is 2. The fourth-order valence-electron chi connectivity index (χ4n) is 3.06. The summed E-state index contributed by atoms with van der Waals surface area (Å²) in [6.45, 7) is 16.8. The molecule has 3 heteroatoms. The highest BCUT2D eigenvalue weighted by Crippen LogP contribution is 2.31. The van der Waals surface area contributed by atoms with Crippen LogP contribution in [0.5, 0.6) is 5.75 Å². The normalized spacial score (nSPS) is 12.2. The lowest BCUT2D eigenvalue weighted by atomic mass is 9.84. The molecule has 0 bridgehead atoms. The molecule has 26 heavy (non-hydrogen) atoms. The Hall–Kier alpha value is -1.66. The molecule has 0 aliphatic rings. The molecule has 0 N–H and O–H groups in total. The first-order valence-electron chi connectivity index (χ1n) is 9.19. The number of carbonyl (C=O) groups excluding carboxylic acids is 1. The van der Waals surface area contributed by atoms with Crippen LogP contribution in [-0.4, -0.2) is 11.6 Å². The third-order valence-corrected chi connectivity index (χ3v) is 5.75. The lowest BCUT2D eigenvalue weighted by Crippen LogP contribution is -2.14. The SMILES string of the molecule is Cc1cc(OC(C)C)ccc1PC(=O)c1c(C)cc(C(C)(C)C)cc1C. The molecule has 0 radical (unpaired) electrons. The van der Waals surface area contributed by atoms with Crippen molar-refractivity contribution in [2.75, 3.05) is 0 Å². The molecule has 0 heterocycles. The molecular weight excluding hydrogens is 339 g/mol. The van der Waals surface area contributed by atoms with E-state index in [2.05, 4.69) is 32.9 Å². The van der Waals surface area contributed by atoms with E-state index in [9.17, 15) is 4.79 Å². The molecule has 1 unspecified atom stereocenters. The van der Waals surface area contributed by atoms with Gasteiger partial charge in [-0.2, -0.15) is 0 Å². The van der Waals surface area contributed by atoms with E-state index in [0.29, 0.717) is 0 Å². The van der Waals surface area contributed by atoms with Crippen LogP contribution >= 0.6 is 8.58 Å². The Kier molecular flexibility index (Phi) is 6.29. The predicted octanol–water partition coefficient (Wildman–Crippen LogP) is 5.84. The lowest BCUT2D eigenvalue weighted by Gasteiger charge is -2.22. The Balaban J connectivity index is 2.28. The maximum atomic E-state index is 13.0. The summed E-state index contributed by atoms with van der Waals surface area (Å²) >= 11 is 0. The van der Waals surface area contributed by atoms with Crippen molar-refractivity contribution in [1.82, 2.24) is 0 Å². The standard InChI is InChI=1S/C23H31O2P/c1-14(2)25-19-9-10-20(15(3)13-19)26-22(24)21-16(4)11-18(12-17(21)5)23(6,7)8/h9-14,26H,1-8H3. The molecule has 0 fully saturated rings. The summed E-state index contributed by atoms with van der Waals surface area (Å²) in [5.41, 5.74) is 5.70. The molecule has 0 saturated carbocycles. The molecule has 2 aromatic carbocycles. The van der Waals surface area contributed by atoms with Crippen LogP contribution in [0, 0.1) is 20.8 Å². The summed E-state index contributed by atoms with van der Waals surface area (Å²) in [6.07, 6.45) is 0.149. The maximum absolute atomic E-state index is 13.0. The predicted molar refractivity (Wildman–Crippen MR) is 114 cm³/mol. The fourth-order valence-corrected chi connectivity index (χ4v) is 4.26. The van der Waals surface area contributed by atoms with Gasteiger partial charge in [-0.25, -0.2) is 0 Å². The topological polar surface area (TPSA) is 26.3 Å². The van der Waals surface area contributed by atoms with Crippen molar-refractivity contribution >= 4 is 19.4 Å². The van der Waals surface area contributed by atoms with Gasteiger partial charge in [0.25, 0.3) is 0 Å². The van der Waals surface area contributed by atoms with Gasteiger partial charge in [0.15, 0.2) is 5.52 Å². The van der Waals surface area contributed by atoms with Crippen LogP contribution in [0.3, 0.4) is 0 Å². The third-order valence-electron chi connectivity index (χ3n) is 4.44. The zero-order valence-electron chi connectivity index (χ0n) is 17.3. The van der Waals surface area contributed by atoms with Gasteiger partial charge in [-0.1, -0.05) is 39.0 Å². The summed E-state index contributed by atoms with van der Waals surface area (Å²) in [5, 5.41) is 1.09. The molecule has 2 aromatic rings. The van der Waals surface area contributed by atoms with Gasteiger partial charge in [0.1, 0.15) is 5.75 Å². The van der Waals surface area contributed by atoms with Gasteiger partial charge in [-0.3, -0.25) is 4.79 Å². The summed E-state index contributed by atoms with van der Waals surface area (Å²) in [7, 11) is 0.129. The van der Waals surface area contributed by atoms with E-state index >= 15 is 0 Å². The zero-order chi connectivity index (χ0) is 19.6. The second kappa shape index (κ2) is 7.92. The molecule has 0 amide bonds. The molecule has 2 nitrogen and oxygen atoms in total. The van der Waals surface area contributed by atoms with Crippen LogP contribution in [0.1, 0.15) is 67.2 Å². The molecule has 0 aromatic heterocycles. The Morgan fingerprint density at radius 1 is 0.962 bits per heavy atom. The van der Waals surface area contributed by atoms with Crippen LogP contribution in [0.2, 0.25) is 0 Å². The van der Waals surface area contributed by atoms with Gasteiger partial charge < -0.3 is 4.74 Å². The van der Waals surface area contributed by atoms with Crippen molar-refractivity contribution in [3.8, 4) is 5.75 Å². The quantitative estimate of drug-likeness (QED) is 0.618. The molecule has 140 valence electrons. The maximum Gasteiger partial charge on any atom is 0.186 e. The van der Waals surface area contributed by atoms with Gasteiger partial charge in [-0.15, -0.1) is 0 Å². The number of hydrogen-bond donors (Lipinski definition) is 0. The Morgan fingerprint density at radius 2 is 1.54 bits per heavy atom. The molecular formula is C23H31O2P. The molecule has 0 saturated heterocycles. The van der Waals surface area contributed by atoms with Crippen LogP contribution in [0.15, 0.2) is 30.3 Å². The first-order valence-corrected chi connectivity index (χ1v) is 10.2. The Labute approximate surface area is 160 Å². The monoisotopic (exact) mass is 370 g/mol. The molecule has 0 aliphatic heterocycles. The van der Waals surface area contributed by atoms with Crippen molar-refractivity contribution in [1.29, 1.82) is 0 Å². The Bertz CT molecular complexity index is 790. The molecule has 0 spiro atoms. The first-order chi connectivity index (χ1) is 12.0. The molecule has 1 atom stereocenters. The highest BCUT2D eigenvalue weighted by atomic mass is 31.1. The van der Waals surface area contributed by atoms with E-state index in [1.165, 1.54) is 5.56 Å². The zero-order valence-corrected chi connectivity index (χ0v) is 18.3. The van der Waals surface area contributed by atoms with Gasteiger partial charge in [-0.05, 0) is 88.3 Å². The van der Waals surface area contributed by atoms with Gasteiger partial charge >= 0.3 is 0 Å². The minimum atomic E-state index is 0.0855. The largest absolute Gasteiger partial charge is 0.491 e. The smallest absolute Gasteiger partial charge is 0.186 e. The molecule has 2 rings (SSSR count). The van der Waals surface area contributed by atoms with Crippen molar-refractivity contribution in [3.05, 3.63) is 58.1 Å². The van der Waals surface area contributed by atoms with Crippen molar-refractivity contribution in [3.63, 3.8) is 0 Å². The van der Waals surface area contributed by atoms with Gasteiger partial charge in [0, 0.05) is 5.56 Å². The number of aryl methyl sites for hydroxylation is 3. The Morgan fingerprint density at radius 3 is 2.00 bits per heavy atom. The van der Waals surface area contributed by atoms with Crippen LogP contribution < -0.4 is 10.0 Å².